The molecule has 1 fully saturated rings. The Kier molecular flexibility index (Phi) is 4.50. The monoisotopic (exact) mass is 265 g/mol. The van der Waals surface area contributed by atoms with Crippen molar-refractivity contribution in [3.05, 3.63) is 35.1 Å². The summed E-state index contributed by atoms with van der Waals surface area (Å²) in [5.74, 6) is -0.449. The number of nitrogens with two attached hydrogens (primary N) is 1. The SMILES string of the molecule is CC1CN(Cc2cc(F)cc(C(=N)N)c2)CCCO1. The van der Waals surface area contributed by atoms with Crippen molar-refractivity contribution >= 4 is 5.84 Å². The average Bonchev–Trinajstić information content (AvgIpc) is 2.52. The molecule has 104 valence electrons. The lowest BCUT2D eigenvalue weighted by atomic mass is 10.1. The first-order chi connectivity index (χ1) is 9.04. The Morgan fingerprint density at radius 1 is 1.53 bits per heavy atom. The maximum atomic E-state index is 13.5. The van der Waals surface area contributed by atoms with Crippen LogP contribution in [-0.4, -0.2) is 36.5 Å². The first-order valence-electron chi connectivity index (χ1n) is 6.52. The van der Waals surface area contributed by atoms with E-state index in [1.165, 1.54) is 12.1 Å². The van der Waals surface area contributed by atoms with Crippen molar-refractivity contribution in [2.75, 3.05) is 19.7 Å². The van der Waals surface area contributed by atoms with Crippen LogP contribution < -0.4 is 5.73 Å². The summed E-state index contributed by atoms with van der Waals surface area (Å²) in [6, 6.07) is 4.57. The first-order valence-corrected chi connectivity index (χ1v) is 6.52. The van der Waals surface area contributed by atoms with Crippen molar-refractivity contribution in [3.8, 4) is 0 Å². The van der Waals surface area contributed by atoms with Crippen LogP contribution in [0.25, 0.3) is 0 Å². The summed E-state index contributed by atoms with van der Waals surface area (Å²) in [6.45, 7) is 5.26. The zero-order chi connectivity index (χ0) is 13.8. The summed E-state index contributed by atoms with van der Waals surface area (Å²) in [7, 11) is 0. The van der Waals surface area contributed by atoms with E-state index in [1.807, 2.05) is 6.92 Å². The molecule has 1 aromatic carbocycles. The molecule has 1 aromatic rings. The van der Waals surface area contributed by atoms with E-state index in [-0.39, 0.29) is 17.8 Å². The lowest BCUT2D eigenvalue weighted by Crippen LogP contribution is -2.30. The highest BCUT2D eigenvalue weighted by molar-refractivity contribution is 5.95. The van der Waals surface area contributed by atoms with Gasteiger partial charge in [-0.25, -0.2) is 4.39 Å². The zero-order valence-corrected chi connectivity index (χ0v) is 11.2. The number of nitrogen functional groups attached to an aromatic ring is 1. The van der Waals surface area contributed by atoms with Crippen LogP contribution in [0.3, 0.4) is 0 Å². The number of nitrogens with zero attached hydrogens (tertiary/aromatic N) is 1. The van der Waals surface area contributed by atoms with Crippen LogP contribution in [0.15, 0.2) is 18.2 Å². The number of amidine groups is 1. The largest absolute Gasteiger partial charge is 0.384 e. The van der Waals surface area contributed by atoms with Crippen molar-refractivity contribution in [1.29, 1.82) is 5.41 Å². The average molecular weight is 265 g/mol. The molecule has 0 radical (unpaired) electrons. The minimum Gasteiger partial charge on any atom is -0.384 e. The molecule has 1 aliphatic rings. The van der Waals surface area contributed by atoms with Crippen LogP contribution in [0, 0.1) is 11.2 Å². The third kappa shape index (κ3) is 4.01. The summed E-state index contributed by atoms with van der Waals surface area (Å²) in [6.07, 6.45) is 1.18. The third-order valence-corrected chi connectivity index (χ3v) is 3.21. The van der Waals surface area contributed by atoms with Crippen LogP contribution in [0.1, 0.15) is 24.5 Å². The minimum absolute atomic E-state index is 0.103. The van der Waals surface area contributed by atoms with Gasteiger partial charge in [-0.05, 0) is 37.1 Å². The number of benzene rings is 1. The second-order valence-electron chi connectivity index (χ2n) is 5.03. The third-order valence-electron chi connectivity index (χ3n) is 3.21. The molecule has 1 aliphatic heterocycles. The second kappa shape index (κ2) is 6.12. The van der Waals surface area contributed by atoms with Crippen LogP contribution in [-0.2, 0) is 11.3 Å². The molecule has 3 N–H and O–H groups in total. The number of rotatable bonds is 3. The smallest absolute Gasteiger partial charge is 0.124 e. The van der Waals surface area contributed by atoms with Gasteiger partial charge in [0.05, 0.1) is 6.10 Å². The highest BCUT2D eigenvalue weighted by Gasteiger charge is 2.15. The molecule has 0 aliphatic carbocycles. The Morgan fingerprint density at radius 3 is 3.05 bits per heavy atom. The summed E-state index contributed by atoms with van der Waals surface area (Å²) in [5.41, 5.74) is 6.70. The van der Waals surface area contributed by atoms with Gasteiger partial charge in [0.1, 0.15) is 11.7 Å². The molecular weight excluding hydrogens is 245 g/mol. The van der Waals surface area contributed by atoms with Crippen molar-refractivity contribution in [2.24, 2.45) is 5.73 Å². The summed E-state index contributed by atoms with van der Waals surface area (Å²) < 4.78 is 19.1. The van der Waals surface area contributed by atoms with E-state index in [0.29, 0.717) is 12.1 Å². The van der Waals surface area contributed by atoms with Crippen LogP contribution in [0.5, 0.6) is 0 Å². The van der Waals surface area contributed by atoms with Gasteiger partial charge in [-0.2, -0.15) is 0 Å². The molecular formula is C14H20FN3O. The molecule has 1 unspecified atom stereocenters. The minimum atomic E-state index is -0.346. The van der Waals surface area contributed by atoms with E-state index in [9.17, 15) is 4.39 Å². The number of hydrogen-bond acceptors (Lipinski definition) is 3. The fourth-order valence-corrected chi connectivity index (χ4v) is 2.38. The van der Waals surface area contributed by atoms with Crippen LogP contribution >= 0.6 is 0 Å². The van der Waals surface area contributed by atoms with Gasteiger partial charge in [0.2, 0.25) is 0 Å². The Hall–Kier alpha value is -1.46. The van der Waals surface area contributed by atoms with Gasteiger partial charge < -0.3 is 10.5 Å². The van der Waals surface area contributed by atoms with Gasteiger partial charge >= 0.3 is 0 Å². The zero-order valence-electron chi connectivity index (χ0n) is 11.2. The summed E-state index contributed by atoms with van der Waals surface area (Å²) in [4.78, 5) is 2.25. The van der Waals surface area contributed by atoms with Crippen molar-refractivity contribution in [2.45, 2.75) is 26.0 Å². The maximum absolute atomic E-state index is 13.5. The van der Waals surface area contributed by atoms with Gasteiger partial charge in [0, 0.05) is 31.8 Å². The molecule has 0 saturated carbocycles. The first kappa shape index (κ1) is 14.0. The predicted octanol–water partition coefficient (Wildman–Crippen LogP) is 1.72. The number of ether oxygens (including phenoxy) is 1. The molecule has 5 heteroatoms. The highest BCUT2D eigenvalue weighted by atomic mass is 19.1. The van der Waals surface area contributed by atoms with Gasteiger partial charge in [-0.3, -0.25) is 10.3 Å². The van der Waals surface area contributed by atoms with Gasteiger partial charge in [-0.15, -0.1) is 0 Å². The number of hydrogen-bond donors (Lipinski definition) is 2. The molecule has 1 atom stereocenters. The van der Waals surface area contributed by atoms with Crippen molar-refractivity contribution in [3.63, 3.8) is 0 Å². The normalized spacial score (nSPS) is 21.1. The molecule has 1 saturated heterocycles. The Bertz CT molecular complexity index is 464. The lowest BCUT2D eigenvalue weighted by Gasteiger charge is -2.22. The molecule has 0 bridgehead atoms. The maximum Gasteiger partial charge on any atom is 0.124 e. The quantitative estimate of drug-likeness (QED) is 0.646. The van der Waals surface area contributed by atoms with Crippen molar-refractivity contribution < 1.29 is 9.13 Å². The van der Waals surface area contributed by atoms with E-state index < -0.39 is 0 Å². The van der Waals surface area contributed by atoms with E-state index in [0.717, 1.165) is 31.7 Å². The topological polar surface area (TPSA) is 62.3 Å². The van der Waals surface area contributed by atoms with Gasteiger partial charge in [0.15, 0.2) is 0 Å². The Labute approximate surface area is 112 Å². The standard InChI is InChI=1S/C14H20FN3O/c1-10-8-18(3-2-4-19-10)9-11-5-12(14(16)17)7-13(15)6-11/h5-7,10H,2-4,8-9H2,1H3,(H3,16,17). The number of halogens is 1. The van der Waals surface area contributed by atoms with Gasteiger partial charge in [0.25, 0.3) is 0 Å². The lowest BCUT2D eigenvalue weighted by molar-refractivity contribution is 0.0668. The Balaban J connectivity index is 2.11. The summed E-state index contributed by atoms with van der Waals surface area (Å²) in [5, 5.41) is 7.39. The molecule has 0 amide bonds. The fraction of sp³-hybridized carbons (Fsp3) is 0.500. The second-order valence-corrected chi connectivity index (χ2v) is 5.03. The van der Waals surface area contributed by atoms with E-state index >= 15 is 0 Å². The molecule has 2 rings (SSSR count). The summed E-state index contributed by atoms with van der Waals surface area (Å²) >= 11 is 0. The van der Waals surface area contributed by atoms with Gasteiger partial charge in [-0.1, -0.05) is 0 Å². The molecule has 4 nitrogen and oxygen atoms in total. The van der Waals surface area contributed by atoms with E-state index in [4.69, 9.17) is 15.9 Å². The number of nitrogens with one attached hydrogen (secondary N) is 1. The fourth-order valence-electron chi connectivity index (χ4n) is 2.38. The molecule has 1 heterocycles. The predicted molar refractivity (Wildman–Crippen MR) is 72.7 cm³/mol. The molecule has 0 aromatic heterocycles. The van der Waals surface area contributed by atoms with Crippen molar-refractivity contribution in [1.82, 2.24) is 4.90 Å². The van der Waals surface area contributed by atoms with E-state index in [1.54, 1.807) is 6.07 Å². The Morgan fingerprint density at radius 2 is 2.32 bits per heavy atom. The van der Waals surface area contributed by atoms with Crippen LogP contribution in [0.4, 0.5) is 4.39 Å². The van der Waals surface area contributed by atoms with Crippen LogP contribution in [0.2, 0.25) is 0 Å². The van der Waals surface area contributed by atoms with E-state index in [2.05, 4.69) is 4.90 Å². The molecule has 19 heavy (non-hydrogen) atoms. The molecule has 0 spiro atoms. The highest BCUT2D eigenvalue weighted by Crippen LogP contribution is 2.14.